The molecule has 0 aliphatic heterocycles. The lowest BCUT2D eigenvalue weighted by Crippen LogP contribution is -2.30. The Morgan fingerprint density at radius 3 is 2.68 bits per heavy atom. The van der Waals surface area contributed by atoms with Crippen LogP contribution in [0.15, 0.2) is 6.20 Å². The molecular weight excluding hydrogens is 248 g/mol. The summed E-state index contributed by atoms with van der Waals surface area (Å²) in [6.07, 6.45) is 4.12. The number of aryl methyl sites for hydroxylation is 1. The van der Waals surface area contributed by atoms with Crippen LogP contribution in [-0.2, 0) is 6.54 Å². The Labute approximate surface area is 112 Å². The van der Waals surface area contributed by atoms with Gasteiger partial charge in [0.25, 0.3) is 0 Å². The average molecular weight is 268 g/mol. The van der Waals surface area contributed by atoms with Gasteiger partial charge in [-0.2, -0.15) is 5.10 Å². The van der Waals surface area contributed by atoms with E-state index in [4.69, 9.17) is 5.11 Å². The number of nitrogens with one attached hydrogen (secondary N) is 2. The summed E-state index contributed by atoms with van der Waals surface area (Å²) in [5.74, 6) is -1.03. The molecule has 0 fully saturated rings. The van der Waals surface area contributed by atoms with E-state index in [-0.39, 0.29) is 11.4 Å². The van der Waals surface area contributed by atoms with Gasteiger partial charge in [-0.3, -0.25) is 10.00 Å². The summed E-state index contributed by atoms with van der Waals surface area (Å²) in [5.41, 5.74) is -0.000841. The zero-order chi connectivity index (χ0) is 14.3. The fraction of sp³-hybridized carbons (Fsp3) is 0.583. The zero-order valence-corrected chi connectivity index (χ0v) is 11.3. The van der Waals surface area contributed by atoms with Crippen molar-refractivity contribution in [3.05, 3.63) is 11.8 Å². The molecule has 0 atom stereocenters. The third-order valence-corrected chi connectivity index (χ3v) is 2.49. The first kappa shape index (κ1) is 15.0. The Bertz CT molecular complexity index is 442. The van der Waals surface area contributed by atoms with E-state index in [2.05, 4.69) is 15.7 Å². The number of urea groups is 1. The topological polar surface area (TPSA) is 96.3 Å². The molecule has 0 aliphatic rings. The molecule has 0 spiro atoms. The Kier molecular flexibility index (Phi) is 5.84. The first-order valence-electron chi connectivity index (χ1n) is 6.44. The van der Waals surface area contributed by atoms with Gasteiger partial charge in [0.2, 0.25) is 0 Å². The number of hydrogen-bond acceptors (Lipinski definition) is 3. The second-order valence-corrected chi connectivity index (χ2v) is 4.19. The molecule has 7 nitrogen and oxygen atoms in total. The van der Waals surface area contributed by atoms with Gasteiger partial charge in [-0.25, -0.2) is 9.59 Å². The number of carbonyl (C=O) groups excluding carboxylic acids is 1. The SMILES string of the molecule is CCCCNC(=O)Nc1nn(CCC)cc1C(=O)O. The highest BCUT2D eigenvalue weighted by atomic mass is 16.4. The highest BCUT2D eigenvalue weighted by Crippen LogP contribution is 2.13. The van der Waals surface area contributed by atoms with E-state index in [1.807, 2.05) is 13.8 Å². The van der Waals surface area contributed by atoms with Gasteiger partial charge in [0.05, 0.1) is 0 Å². The summed E-state index contributed by atoms with van der Waals surface area (Å²) in [6, 6.07) is -0.433. The number of amides is 2. The van der Waals surface area contributed by atoms with Crippen LogP contribution in [0.5, 0.6) is 0 Å². The Morgan fingerprint density at radius 1 is 1.37 bits per heavy atom. The lowest BCUT2D eigenvalue weighted by atomic mass is 10.3. The summed E-state index contributed by atoms with van der Waals surface area (Å²) < 4.78 is 1.52. The standard InChI is InChI=1S/C12H20N4O3/c1-3-5-6-13-12(19)14-10-9(11(17)18)8-16(15-10)7-4-2/h8H,3-7H2,1-2H3,(H,17,18)(H2,13,14,15,19). The van der Waals surface area contributed by atoms with Crippen LogP contribution >= 0.6 is 0 Å². The van der Waals surface area contributed by atoms with Crippen LogP contribution in [0.3, 0.4) is 0 Å². The number of hydrogen-bond donors (Lipinski definition) is 3. The molecule has 7 heteroatoms. The maximum atomic E-state index is 11.6. The largest absolute Gasteiger partial charge is 0.477 e. The third-order valence-electron chi connectivity index (χ3n) is 2.49. The summed E-state index contributed by atoms with van der Waals surface area (Å²) >= 11 is 0. The van der Waals surface area contributed by atoms with Crippen LogP contribution in [-0.4, -0.2) is 33.4 Å². The maximum Gasteiger partial charge on any atom is 0.341 e. The van der Waals surface area contributed by atoms with Crippen molar-refractivity contribution >= 4 is 17.8 Å². The molecule has 19 heavy (non-hydrogen) atoms. The van der Waals surface area contributed by atoms with Gasteiger partial charge < -0.3 is 10.4 Å². The molecule has 0 saturated heterocycles. The summed E-state index contributed by atoms with van der Waals surface area (Å²) in [6.45, 7) is 5.15. The van der Waals surface area contributed by atoms with Crippen LogP contribution in [0.2, 0.25) is 0 Å². The molecule has 0 bridgehead atoms. The minimum atomic E-state index is -1.11. The summed E-state index contributed by atoms with van der Waals surface area (Å²) in [7, 11) is 0. The molecule has 3 N–H and O–H groups in total. The first-order chi connectivity index (χ1) is 9.08. The van der Waals surface area contributed by atoms with Gasteiger partial charge >= 0.3 is 12.0 Å². The molecule has 2 amide bonds. The molecule has 1 aromatic rings. The number of carboxylic acid groups (broad SMARTS) is 1. The smallest absolute Gasteiger partial charge is 0.341 e. The molecule has 0 aromatic carbocycles. The van der Waals surface area contributed by atoms with Crippen molar-refractivity contribution in [2.24, 2.45) is 0 Å². The van der Waals surface area contributed by atoms with E-state index < -0.39 is 12.0 Å². The maximum absolute atomic E-state index is 11.6. The number of aromatic nitrogens is 2. The molecule has 106 valence electrons. The van der Waals surface area contributed by atoms with Gasteiger partial charge in [0, 0.05) is 19.3 Å². The summed E-state index contributed by atoms with van der Waals surface area (Å²) in [5, 5.41) is 18.2. The highest BCUT2D eigenvalue weighted by Gasteiger charge is 2.17. The van der Waals surface area contributed by atoms with Gasteiger partial charge in [0.1, 0.15) is 5.56 Å². The van der Waals surface area contributed by atoms with Crippen molar-refractivity contribution in [2.45, 2.75) is 39.7 Å². The monoisotopic (exact) mass is 268 g/mol. The Balaban J connectivity index is 2.70. The van der Waals surface area contributed by atoms with E-state index >= 15 is 0 Å². The molecule has 1 aromatic heterocycles. The van der Waals surface area contributed by atoms with E-state index in [1.54, 1.807) is 0 Å². The van der Waals surface area contributed by atoms with Gasteiger partial charge in [0.15, 0.2) is 5.82 Å². The lowest BCUT2D eigenvalue weighted by molar-refractivity contribution is 0.0698. The molecule has 0 radical (unpaired) electrons. The number of carbonyl (C=O) groups is 2. The number of unbranched alkanes of at least 4 members (excludes halogenated alkanes) is 1. The van der Waals surface area contributed by atoms with Crippen molar-refractivity contribution in [1.82, 2.24) is 15.1 Å². The van der Waals surface area contributed by atoms with Crippen LogP contribution < -0.4 is 10.6 Å². The van der Waals surface area contributed by atoms with Crippen molar-refractivity contribution in [2.75, 3.05) is 11.9 Å². The van der Waals surface area contributed by atoms with Crippen molar-refractivity contribution in [3.8, 4) is 0 Å². The Hall–Kier alpha value is -2.05. The average Bonchev–Trinajstić information content (AvgIpc) is 2.73. The number of rotatable bonds is 7. The third kappa shape index (κ3) is 4.61. The van der Waals surface area contributed by atoms with E-state index in [0.717, 1.165) is 19.3 Å². The lowest BCUT2D eigenvalue weighted by Gasteiger charge is -2.05. The zero-order valence-electron chi connectivity index (χ0n) is 11.3. The molecule has 1 heterocycles. The van der Waals surface area contributed by atoms with E-state index in [9.17, 15) is 9.59 Å². The first-order valence-corrected chi connectivity index (χ1v) is 6.44. The van der Waals surface area contributed by atoms with Crippen LogP contribution in [0.1, 0.15) is 43.5 Å². The molecule has 0 saturated carbocycles. The van der Waals surface area contributed by atoms with Crippen LogP contribution in [0, 0.1) is 0 Å². The van der Waals surface area contributed by atoms with E-state index in [0.29, 0.717) is 13.1 Å². The van der Waals surface area contributed by atoms with Gasteiger partial charge in [-0.1, -0.05) is 20.3 Å². The summed E-state index contributed by atoms with van der Waals surface area (Å²) in [4.78, 5) is 22.6. The fourth-order valence-electron chi connectivity index (χ4n) is 1.54. The predicted molar refractivity (Wildman–Crippen MR) is 71.4 cm³/mol. The van der Waals surface area contributed by atoms with Gasteiger partial charge in [-0.15, -0.1) is 0 Å². The van der Waals surface area contributed by atoms with Crippen LogP contribution in [0.25, 0.3) is 0 Å². The minimum Gasteiger partial charge on any atom is -0.477 e. The molecule has 0 aliphatic carbocycles. The predicted octanol–water partition coefficient (Wildman–Crippen LogP) is 1.91. The van der Waals surface area contributed by atoms with Gasteiger partial charge in [-0.05, 0) is 12.8 Å². The van der Waals surface area contributed by atoms with Crippen molar-refractivity contribution < 1.29 is 14.7 Å². The number of aromatic carboxylic acids is 1. The van der Waals surface area contributed by atoms with E-state index in [1.165, 1.54) is 10.9 Å². The van der Waals surface area contributed by atoms with Crippen LogP contribution in [0.4, 0.5) is 10.6 Å². The molecule has 1 rings (SSSR count). The normalized spacial score (nSPS) is 10.2. The number of carboxylic acids is 1. The second-order valence-electron chi connectivity index (χ2n) is 4.19. The Morgan fingerprint density at radius 2 is 2.11 bits per heavy atom. The minimum absolute atomic E-state index is 0.000841. The number of anilines is 1. The molecular formula is C12H20N4O3. The molecule has 0 unspecified atom stereocenters. The van der Waals surface area contributed by atoms with Crippen molar-refractivity contribution in [1.29, 1.82) is 0 Å². The van der Waals surface area contributed by atoms with Crippen molar-refractivity contribution in [3.63, 3.8) is 0 Å². The number of nitrogens with zero attached hydrogens (tertiary/aromatic N) is 2. The fourth-order valence-corrected chi connectivity index (χ4v) is 1.54. The second kappa shape index (κ2) is 7.40. The highest BCUT2D eigenvalue weighted by molar-refractivity contribution is 5.98. The quantitative estimate of drug-likeness (QED) is 0.658.